The monoisotopic (exact) mass is 333 g/mol. The second-order valence-electron chi connectivity index (χ2n) is 4.87. The van der Waals surface area contributed by atoms with Crippen LogP contribution in [0.1, 0.15) is 23.6 Å². The van der Waals surface area contributed by atoms with Gasteiger partial charge in [0.1, 0.15) is 0 Å². The lowest BCUT2D eigenvalue weighted by molar-refractivity contribution is 0.625. The van der Waals surface area contributed by atoms with Crippen LogP contribution < -0.4 is 5.32 Å². The van der Waals surface area contributed by atoms with Crippen LogP contribution in [0, 0.1) is 5.92 Å². The van der Waals surface area contributed by atoms with Crippen molar-refractivity contribution in [2.75, 3.05) is 6.54 Å². The predicted octanol–water partition coefficient (Wildman–Crippen LogP) is 3.80. The number of rotatable bonds is 5. The highest BCUT2D eigenvalue weighted by Gasteiger charge is 2.38. The summed E-state index contributed by atoms with van der Waals surface area (Å²) in [5, 5.41) is 4.29. The molecule has 110 valence electrons. The fraction of sp³-hybridized carbons (Fsp3) is 0.357. The molecule has 0 spiro atoms. The Balaban J connectivity index is 0.000001000. The zero-order chi connectivity index (χ0) is 12.4. The third kappa shape index (κ3) is 4.38. The number of hydrogen-bond donors (Lipinski definition) is 2. The van der Waals surface area contributed by atoms with E-state index in [1.165, 1.54) is 17.7 Å². The summed E-state index contributed by atoms with van der Waals surface area (Å²) < 4.78 is 0. The molecular weight excluding hydrogens is 317 g/mol. The molecule has 6 heteroatoms. The van der Waals surface area contributed by atoms with Crippen LogP contribution in [0.5, 0.6) is 0 Å². The molecule has 1 aliphatic rings. The normalized spacial score (nSPS) is 19.9. The molecule has 3 rings (SSSR count). The van der Waals surface area contributed by atoms with Gasteiger partial charge >= 0.3 is 0 Å². The van der Waals surface area contributed by atoms with Gasteiger partial charge in [0.25, 0.3) is 0 Å². The molecule has 3 nitrogen and oxygen atoms in total. The minimum atomic E-state index is 0. The second-order valence-corrected chi connectivity index (χ2v) is 5.30. The first-order chi connectivity index (χ1) is 8.83. The van der Waals surface area contributed by atoms with E-state index in [2.05, 4.69) is 27.4 Å². The highest BCUT2D eigenvalue weighted by Crippen LogP contribution is 2.45. The van der Waals surface area contributed by atoms with Crippen LogP contribution in [0.15, 0.2) is 36.8 Å². The standard InChI is InChI=1S/C14H16ClN3.2ClH/c15-12-3-1-10(2-4-12)6-16-7-11-5-13(11)14-8-17-9-18-14;;/h1-4,8-9,11,13,16H,5-7H2,(H,17,18);2*1H/t11-,13+;;/m0../s1. The molecule has 1 aliphatic carbocycles. The summed E-state index contributed by atoms with van der Waals surface area (Å²) in [6, 6.07) is 8.00. The molecule has 0 unspecified atom stereocenters. The van der Waals surface area contributed by atoms with Crippen LogP contribution in [-0.4, -0.2) is 16.5 Å². The fourth-order valence-electron chi connectivity index (χ4n) is 2.33. The number of nitrogens with zero attached hydrogens (tertiary/aromatic N) is 1. The van der Waals surface area contributed by atoms with Crippen molar-refractivity contribution in [1.82, 2.24) is 15.3 Å². The van der Waals surface area contributed by atoms with E-state index in [0.29, 0.717) is 5.92 Å². The predicted molar refractivity (Wildman–Crippen MR) is 87.1 cm³/mol. The summed E-state index contributed by atoms with van der Waals surface area (Å²) in [4.78, 5) is 7.26. The molecule has 1 fully saturated rings. The molecule has 1 heterocycles. The Kier molecular flexibility index (Phi) is 6.83. The van der Waals surface area contributed by atoms with Gasteiger partial charge in [0.15, 0.2) is 0 Å². The minimum absolute atomic E-state index is 0. The molecule has 1 aromatic heterocycles. The zero-order valence-corrected chi connectivity index (χ0v) is 13.3. The molecule has 0 radical (unpaired) electrons. The first-order valence-corrected chi connectivity index (χ1v) is 6.64. The summed E-state index contributed by atoms with van der Waals surface area (Å²) in [6.07, 6.45) is 4.95. The molecule has 20 heavy (non-hydrogen) atoms. The molecule has 2 aromatic rings. The Bertz CT molecular complexity index is 499. The van der Waals surface area contributed by atoms with E-state index in [-0.39, 0.29) is 24.8 Å². The van der Waals surface area contributed by atoms with Gasteiger partial charge in [-0.15, -0.1) is 24.8 Å². The Morgan fingerprint density at radius 3 is 2.65 bits per heavy atom. The van der Waals surface area contributed by atoms with E-state index in [9.17, 15) is 0 Å². The Labute approximate surface area is 136 Å². The largest absolute Gasteiger partial charge is 0.348 e. The third-order valence-corrected chi connectivity index (χ3v) is 3.74. The van der Waals surface area contributed by atoms with Crippen LogP contribution in [0.4, 0.5) is 0 Å². The highest BCUT2D eigenvalue weighted by molar-refractivity contribution is 6.30. The van der Waals surface area contributed by atoms with Crippen molar-refractivity contribution in [2.24, 2.45) is 5.92 Å². The van der Waals surface area contributed by atoms with Crippen molar-refractivity contribution in [3.05, 3.63) is 53.1 Å². The summed E-state index contributed by atoms with van der Waals surface area (Å²) in [5.74, 6) is 1.42. The van der Waals surface area contributed by atoms with E-state index in [1.807, 2.05) is 18.3 Å². The van der Waals surface area contributed by atoms with Gasteiger partial charge in [0.05, 0.1) is 6.33 Å². The molecule has 0 amide bonds. The van der Waals surface area contributed by atoms with Crippen LogP contribution >= 0.6 is 36.4 Å². The van der Waals surface area contributed by atoms with E-state index in [0.717, 1.165) is 24.0 Å². The average Bonchev–Trinajstić information content (AvgIpc) is 2.94. The van der Waals surface area contributed by atoms with E-state index in [4.69, 9.17) is 11.6 Å². The van der Waals surface area contributed by atoms with Crippen LogP contribution in [-0.2, 0) is 6.54 Å². The number of benzene rings is 1. The van der Waals surface area contributed by atoms with E-state index < -0.39 is 0 Å². The third-order valence-electron chi connectivity index (χ3n) is 3.49. The van der Waals surface area contributed by atoms with Gasteiger partial charge in [-0.3, -0.25) is 0 Å². The van der Waals surface area contributed by atoms with Crippen molar-refractivity contribution in [3.63, 3.8) is 0 Å². The summed E-state index contributed by atoms with van der Waals surface area (Å²) in [7, 11) is 0. The minimum Gasteiger partial charge on any atom is -0.348 e. The van der Waals surface area contributed by atoms with Crippen molar-refractivity contribution in [1.29, 1.82) is 0 Å². The number of aromatic amines is 1. The maximum absolute atomic E-state index is 5.85. The molecule has 0 saturated heterocycles. The number of halogens is 3. The highest BCUT2D eigenvalue weighted by atomic mass is 35.5. The molecule has 1 saturated carbocycles. The van der Waals surface area contributed by atoms with Crippen LogP contribution in [0.25, 0.3) is 0 Å². The Morgan fingerprint density at radius 1 is 1.25 bits per heavy atom. The first-order valence-electron chi connectivity index (χ1n) is 6.26. The van der Waals surface area contributed by atoms with Crippen molar-refractivity contribution in [3.8, 4) is 0 Å². The molecule has 2 N–H and O–H groups in total. The van der Waals surface area contributed by atoms with Crippen LogP contribution in [0.3, 0.4) is 0 Å². The zero-order valence-electron chi connectivity index (χ0n) is 10.9. The number of hydrogen-bond acceptors (Lipinski definition) is 2. The van der Waals surface area contributed by atoms with Gasteiger partial charge in [-0.25, -0.2) is 4.98 Å². The van der Waals surface area contributed by atoms with Crippen molar-refractivity contribution < 1.29 is 0 Å². The molecule has 0 aliphatic heterocycles. The van der Waals surface area contributed by atoms with Crippen molar-refractivity contribution in [2.45, 2.75) is 18.9 Å². The second kappa shape index (κ2) is 7.89. The summed E-state index contributed by atoms with van der Waals surface area (Å²) in [6.45, 7) is 1.97. The SMILES string of the molecule is Cl.Cl.Clc1ccc(CNC[C@@H]2C[C@H]2c2cnc[nH]2)cc1. The lowest BCUT2D eigenvalue weighted by Gasteiger charge is -2.04. The molecular formula is C14H18Cl3N3. The fourth-order valence-corrected chi connectivity index (χ4v) is 2.45. The van der Waals surface area contributed by atoms with Gasteiger partial charge in [0.2, 0.25) is 0 Å². The maximum atomic E-state index is 5.85. The van der Waals surface area contributed by atoms with Gasteiger partial charge in [-0.1, -0.05) is 23.7 Å². The van der Waals surface area contributed by atoms with Crippen molar-refractivity contribution >= 4 is 36.4 Å². The lowest BCUT2D eigenvalue weighted by Crippen LogP contribution is -2.16. The summed E-state index contributed by atoms with van der Waals surface area (Å²) in [5.41, 5.74) is 2.55. The topological polar surface area (TPSA) is 40.7 Å². The number of H-pyrrole nitrogens is 1. The first kappa shape index (κ1) is 17.3. The average molecular weight is 335 g/mol. The van der Waals surface area contributed by atoms with Crippen LogP contribution in [0.2, 0.25) is 5.02 Å². The number of nitrogens with one attached hydrogen (secondary N) is 2. The van der Waals surface area contributed by atoms with Gasteiger partial charge in [-0.2, -0.15) is 0 Å². The van der Waals surface area contributed by atoms with Gasteiger partial charge in [-0.05, 0) is 36.6 Å². The van der Waals surface area contributed by atoms with E-state index >= 15 is 0 Å². The molecule has 1 aromatic carbocycles. The maximum Gasteiger partial charge on any atom is 0.0921 e. The number of aromatic nitrogens is 2. The smallest absolute Gasteiger partial charge is 0.0921 e. The molecule has 2 atom stereocenters. The Morgan fingerprint density at radius 2 is 2.00 bits per heavy atom. The quantitative estimate of drug-likeness (QED) is 0.873. The lowest BCUT2D eigenvalue weighted by atomic mass is 10.2. The van der Waals surface area contributed by atoms with Gasteiger partial charge < -0.3 is 10.3 Å². The molecule has 0 bridgehead atoms. The Hall–Kier alpha value is -0.740. The van der Waals surface area contributed by atoms with E-state index in [1.54, 1.807) is 6.33 Å². The summed E-state index contributed by atoms with van der Waals surface area (Å²) >= 11 is 5.85. The van der Waals surface area contributed by atoms with Gasteiger partial charge in [0, 0.05) is 29.4 Å². The number of imidazole rings is 1.